The van der Waals surface area contributed by atoms with Gasteiger partial charge in [0.2, 0.25) is 0 Å². The molecule has 0 saturated heterocycles. The fourth-order valence-corrected chi connectivity index (χ4v) is 1.96. The quantitative estimate of drug-likeness (QED) is 0.623. The van der Waals surface area contributed by atoms with Crippen molar-refractivity contribution >= 4 is 23.3 Å². The second-order valence-corrected chi connectivity index (χ2v) is 5.27. The number of aliphatic hydroxyl groups excluding tert-OH is 1. The van der Waals surface area contributed by atoms with E-state index in [0.29, 0.717) is 19.3 Å². The van der Waals surface area contributed by atoms with E-state index in [9.17, 15) is 14.3 Å². The summed E-state index contributed by atoms with van der Waals surface area (Å²) in [6.07, 6.45) is 1.25. The molecule has 0 aromatic heterocycles. The highest BCUT2D eigenvalue weighted by molar-refractivity contribution is 6.30. The third-order valence-corrected chi connectivity index (χ3v) is 3.45. The van der Waals surface area contributed by atoms with Gasteiger partial charge in [-0.3, -0.25) is 0 Å². The smallest absolute Gasteiger partial charge is 0.319 e. The minimum Gasteiger partial charge on any atom is -0.396 e. The van der Waals surface area contributed by atoms with E-state index in [2.05, 4.69) is 10.6 Å². The molecule has 0 aliphatic rings. The molecule has 5 nitrogen and oxygen atoms in total. The van der Waals surface area contributed by atoms with Crippen LogP contribution < -0.4 is 10.6 Å². The normalized spacial score (nSPS) is 13.6. The first-order chi connectivity index (χ1) is 9.90. The Labute approximate surface area is 128 Å². The van der Waals surface area contributed by atoms with Gasteiger partial charge in [-0.05, 0) is 37.5 Å². The summed E-state index contributed by atoms with van der Waals surface area (Å²) in [5, 5.41) is 24.1. The Kier molecular flexibility index (Phi) is 6.87. The molecule has 0 heterocycles. The summed E-state index contributed by atoms with van der Waals surface area (Å²) in [5.41, 5.74) is -1.08. The van der Waals surface area contributed by atoms with Gasteiger partial charge in [-0.25, -0.2) is 9.18 Å². The fraction of sp³-hybridized carbons (Fsp3) is 0.500. The van der Waals surface area contributed by atoms with Crippen molar-refractivity contribution in [3.05, 3.63) is 29.0 Å². The van der Waals surface area contributed by atoms with E-state index in [1.54, 1.807) is 6.92 Å². The summed E-state index contributed by atoms with van der Waals surface area (Å²) < 4.78 is 13.5. The average Bonchev–Trinajstić information content (AvgIpc) is 2.46. The highest BCUT2D eigenvalue weighted by Crippen LogP contribution is 2.19. The first-order valence-electron chi connectivity index (χ1n) is 6.73. The Hall–Kier alpha value is -1.37. The summed E-state index contributed by atoms with van der Waals surface area (Å²) in [4.78, 5) is 11.7. The first kappa shape index (κ1) is 17.7. The Morgan fingerprint density at radius 2 is 2.19 bits per heavy atom. The lowest BCUT2D eigenvalue weighted by atomic mass is 9.95. The van der Waals surface area contributed by atoms with Crippen LogP contribution in [0.2, 0.25) is 5.02 Å². The molecule has 2 amide bonds. The maximum absolute atomic E-state index is 13.5. The number of amides is 2. The molecule has 1 rings (SSSR count). The molecule has 0 saturated carbocycles. The van der Waals surface area contributed by atoms with E-state index >= 15 is 0 Å². The zero-order valence-electron chi connectivity index (χ0n) is 11.8. The van der Waals surface area contributed by atoms with Gasteiger partial charge in [0.05, 0.1) is 11.3 Å². The fourth-order valence-electron chi connectivity index (χ4n) is 1.80. The number of halogens is 2. The highest BCUT2D eigenvalue weighted by atomic mass is 35.5. The molecular formula is C14H20ClFN2O3. The Bertz CT molecular complexity index is 487. The standard InChI is InChI=1S/C14H20ClFN2O3/c1-2-14(21,6-3-7-19)9-17-13(20)18-12-5-4-10(15)8-11(12)16/h4-5,8,19,21H,2-3,6-7,9H2,1H3,(H2,17,18,20). The minimum absolute atomic E-state index is 0.00676. The number of nitrogens with one attached hydrogen (secondary N) is 2. The predicted molar refractivity (Wildman–Crippen MR) is 80.0 cm³/mol. The molecule has 0 aliphatic carbocycles. The molecule has 1 aromatic carbocycles. The third-order valence-electron chi connectivity index (χ3n) is 3.22. The minimum atomic E-state index is -1.08. The van der Waals surface area contributed by atoms with Gasteiger partial charge in [-0.1, -0.05) is 18.5 Å². The van der Waals surface area contributed by atoms with Crippen molar-refractivity contribution in [1.29, 1.82) is 0 Å². The van der Waals surface area contributed by atoms with E-state index in [-0.39, 0.29) is 23.9 Å². The number of aliphatic hydroxyl groups is 2. The van der Waals surface area contributed by atoms with E-state index < -0.39 is 17.4 Å². The molecule has 4 N–H and O–H groups in total. The van der Waals surface area contributed by atoms with Crippen molar-refractivity contribution in [3.8, 4) is 0 Å². The van der Waals surface area contributed by atoms with Gasteiger partial charge in [0, 0.05) is 18.2 Å². The molecule has 0 spiro atoms. The van der Waals surface area contributed by atoms with Gasteiger partial charge in [0.25, 0.3) is 0 Å². The van der Waals surface area contributed by atoms with Crippen LogP contribution in [0.5, 0.6) is 0 Å². The SMILES string of the molecule is CCC(O)(CCCO)CNC(=O)Nc1ccc(Cl)cc1F. The van der Waals surface area contributed by atoms with E-state index in [1.165, 1.54) is 12.1 Å². The molecule has 1 aromatic rings. The van der Waals surface area contributed by atoms with Crippen LogP contribution in [0.3, 0.4) is 0 Å². The number of hydrogen-bond acceptors (Lipinski definition) is 3. The van der Waals surface area contributed by atoms with Crippen LogP contribution in [0, 0.1) is 5.82 Å². The van der Waals surface area contributed by atoms with Crippen molar-refractivity contribution in [3.63, 3.8) is 0 Å². The molecule has 21 heavy (non-hydrogen) atoms. The number of anilines is 1. The van der Waals surface area contributed by atoms with E-state index in [1.807, 2.05) is 0 Å². The van der Waals surface area contributed by atoms with Crippen LogP contribution in [0.1, 0.15) is 26.2 Å². The lowest BCUT2D eigenvalue weighted by molar-refractivity contribution is 0.0243. The Morgan fingerprint density at radius 3 is 2.76 bits per heavy atom. The second-order valence-electron chi connectivity index (χ2n) is 4.84. The van der Waals surface area contributed by atoms with Gasteiger partial charge in [0.1, 0.15) is 5.82 Å². The molecular weight excluding hydrogens is 299 g/mol. The summed E-state index contributed by atoms with van der Waals surface area (Å²) in [6.45, 7) is 1.78. The van der Waals surface area contributed by atoms with Crippen LogP contribution >= 0.6 is 11.6 Å². The van der Waals surface area contributed by atoms with Crippen LogP contribution in [0.25, 0.3) is 0 Å². The zero-order valence-corrected chi connectivity index (χ0v) is 12.6. The summed E-state index contributed by atoms with van der Waals surface area (Å²) in [7, 11) is 0. The molecule has 0 bridgehead atoms. The molecule has 1 unspecified atom stereocenters. The highest BCUT2D eigenvalue weighted by Gasteiger charge is 2.24. The largest absolute Gasteiger partial charge is 0.396 e. The number of rotatable bonds is 7. The summed E-state index contributed by atoms with van der Waals surface area (Å²) in [6, 6.07) is 3.30. The van der Waals surface area contributed by atoms with Crippen LogP contribution in [0.4, 0.5) is 14.9 Å². The number of carbonyl (C=O) groups excluding carboxylic acids is 1. The van der Waals surface area contributed by atoms with Crippen molar-refractivity contribution in [2.24, 2.45) is 0 Å². The number of hydrogen-bond donors (Lipinski definition) is 4. The van der Waals surface area contributed by atoms with Crippen molar-refractivity contribution in [2.45, 2.75) is 31.8 Å². The molecule has 0 fully saturated rings. The Balaban J connectivity index is 2.53. The van der Waals surface area contributed by atoms with Gasteiger partial charge in [0.15, 0.2) is 0 Å². The Morgan fingerprint density at radius 1 is 1.48 bits per heavy atom. The van der Waals surface area contributed by atoms with Crippen molar-refractivity contribution in [2.75, 3.05) is 18.5 Å². The summed E-state index contributed by atoms with van der Waals surface area (Å²) >= 11 is 5.62. The van der Waals surface area contributed by atoms with Crippen LogP contribution in [-0.2, 0) is 0 Å². The number of benzene rings is 1. The summed E-state index contributed by atoms with van der Waals surface area (Å²) in [5.74, 6) is -0.635. The number of urea groups is 1. The van der Waals surface area contributed by atoms with Gasteiger partial charge >= 0.3 is 6.03 Å². The van der Waals surface area contributed by atoms with E-state index in [0.717, 1.165) is 6.07 Å². The van der Waals surface area contributed by atoms with Crippen molar-refractivity contribution < 1.29 is 19.4 Å². The second kappa shape index (κ2) is 8.17. The monoisotopic (exact) mass is 318 g/mol. The molecule has 118 valence electrons. The zero-order chi connectivity index (χ0) is 15.9. The topological polar surface area (TPSA) is 81.6 Å². The van der Waals surface area contributed by atoms with Gasteiger partial charge in [-0.2, -0.15) is 0 Å². The molecule has 1 atom stereocenters. The predicted octanol–water partition coefficient (Wildman–Crippen LogP) is 2.51. The number of carbonyl (C=O) groups is 1. The maximum atomic E-state index is 13.5. The molecule has 0 radical (unpaired) electrons. The van der Waals surface area contributed by atoms with Crippen LogP contribution in [0.15, 0.2) is 18.2 Å². The van der Waals surface area contributed by atoms with E-state index in [4.69, 9.17) is 16.7 Å². The molecule has 0 aliphatic heterocycles. The lowest BCUT2D eigenvalue weighted by Gasteiger charge is -2.26. The van der Waals surface area contributed by atoms with Crippen LogP contribution in [-0.4, -0.2) is 35.0 Å². The lowest BCUT2D eigenvalue weighted by Crippen LogP contribution is -2.44. The van der Waals surface area contributed by atoms with Gasteiger partial charge < -0.3 is 20.8 Å². The molecule has 7 heteroatoms. The van der Waals surface area contributed by atoms with Gasteiger partial charge in [-0.15, -0.1) is 0 Å². The average molecular weight is 319 g/mol. The first-order valence-corrected chi connectivity index (χ1v) is 7.11. The van der Waals surface area contributed by atoms with Crippen molar-refractivity contribution in [1.82, 2.24) is 5.32 Å². The third kappa shape index (κ3) is 5.87. The maximum Gasteiger partial charge on any atom is 0.319 e.